The van der Waals surface area contributed by atoms with Crippen molar-refractivity contribution < 1.29 is 37.3 Å². The number of carboxylic acids is 1. The molecule has 3 aromatic carbocycles. The highest BCUT2D eigenvalue weighted by molar-refractivity contribution is 7.80. The minimum atomic E-state index is -4.24. The Bertz CT molecular complexity index is 1640. The average Bonchev–Trinajstić information content (AvgIpc) is 3.25. The van der Waals surface area contributed by atoms with E-state index in [0.29, 0.717) is 12.8 Å². The number of aliphatic hydroxyl groups excluding tert-OH is 1. The van der Waals surface area contributed by atoms with Gasteiger partial charge in [0.25, 0.3) is 0 Å². The van der Waals surface area contributed by atoms with Crippen molar-refractivity contribution in [1.29, 1.82) is 0 Å². The first kappa shape index (κ1) is 51.2. The molecular formula is C50H77NO8S. The van der Waals surface area contributed by atoms with Gasteiger partial charge in [-0.25, -0.2) is 4.18 Å². The van der Waals surface area contributed by atoms with Gasteiger partial charge in [-0.15, -0.1) is 0 Å². The van der Waals surface area contributed by atoms with Gasteiger partial charge < -0.3 is 20.2 Å². The van der Waals surface area contributed by atoms with Crippen molar-refractivity contribution in [1.82, 2.24) is 4.90 Å². The van der Waals surface area contributed by atoms with Crippen LogP contribution in [-0.4, -0.2) is 65.4 Å². The van der Waals surface area contributed by atoms with E-state index in [1.165, 1.54) is 83.5 Å². The maximum Gasteiger partial charge on any atom is 0.397 e. The maximum absolute atomic E-state index is 12.1. The summed E-state index contributed by atoms with van der Waals surface area (Å²) in [5, 5.41) is 32.2. The Morgan fingerprint density at radius 2 is 1.12 bits per heavy atom. The molecule has 60 heavy (non-hydrogen) atoms. The van der Waals surface area contributed by atoms with Crippen LogP contribution < -0.4 is 0 Å². The summed E-state index contributed by atoms with van der Waals surface area (Å²) < 4.78 is 33.3. The molecule has 0 saturated carbocycles. The SMILES string of the molecule is CC(C)(C(=O)O)c1ccc([C@@H](O)CCCN2CCC(C(O)(c3ccccc3)c3ccccc3)CC2)cc1.CCCCCCCCCCCCCCCCCCOS(=O)(=O)O. The lowest BCUT2D eigenvalue weighted by Gasteiger charge is -2.42. The van der Waals surface area contributed by atoms with E-state index in [0.717, 1.165) is 74.0 Å². The van der Waals surface area contributed by atoms with E-state index < -0.39 is 33.5 Å². The predicted molar refractivity (Wildman–Crippen MR) is 243 cm³/mol. The normalized spacial score (nSPS) is 14.7. The molecule has 0 aliphatic carbocycles. The molecular weight excluding hydrogens is 775 g/mol. The molecule has 3 aromatic rings. The van der Waals surface area contributed by atoms with Crippen LogP contribution in [0.1, 0.15) is 178 Å². The molecule has 0 unspecified atom stereocenters. The van der Waals surface area contributed by atoms with Crippen LogP contribution in [0, 0.1) is 5.92 Å². The van der Waals surface area contributed by atoms with Crippen molar-refractivity contribution in [3.63, 3.8) is 0 Å². The Hall–Kier alpha value is -3.12. The monoisotopic (exact) mass is 852 g/mol. The van der Waals surface area contributed by atoms with Gasteiger partial charge in [0.05, 0.1) is 18.1 Å². The first-order chi connectivity index (χ1) is 28.8. The number of carboxylic acid groups (broad SMARTS) is 1. The number of benzene rings is 3. The topological polar surface area (TPSA) is 145 Å². The van der Waals surface area contributed by atoms with Crippen molar-refractivity contribution in [3.05, 3.63) is 107 Å². The van der Waals surface area contributed by atoms with Gasteiger partial charge >= 0.3 is 16.4 Å². The molecule has 1 saturated heterocycles. The molecule has 10 heteroatoms. The molecule has 1 aliphatic rings. The zero-order chi connectivity index (χ0) is 43.7. The fourth-order valence-electron chi connectivity index (χ4n) is 8.33. The summed E-state index contributed by atoms with van der Waals surface area (Å²) in [6.45, 7) is 8.47. The van der Waals surface area contributed by atoms with Crippen molar-refractivity contribution >= 4 is 16.4 Å². The maximum atomic E-state index is 12.1. The Kier molecular flexibility index (Phi) is 23.7. The number of nitrogens with zero attached hydrogens (tertiary/aromatic N) is 1. The first-order valence-corrected chi connectivity index (χ1v) is 24.3. The van der Waals surface area contributed by atoms with E-state index in [-0.39, 0.29) is 12.5 Å². The largest absolute Gasteiger partial charge is 0.481 e. The number of hydrogen-bond acceptors (Lipinski definition) is 7. The molecule has 1 heterocycles. The molecule has 1 atom stereocenters. The quantitative estimate of drug-likeness (QED) is 0.0414. The van der Waals surface area contributed by atoms with Gasteiger partial charge in [-0.3, -0.25) is 9.35 Å². The van der Waals surface area contributed by atoms with E-state index in [9.17, 15) is 28.5 Å². The van der Waals surface area contributed by atoms with Crippen LogP contribution in [0.25, 0.3) is 0 Å². The zero-order valence-electron chi connectivity index (χ0n) is 37.0. The summed E-state index contributed by atoms with van der Waals surface area (Å²) in [5.74, 6) is -0.733. The molecule has 0 radical (unpaired) electrons. The highest BCUT2D eigenvalue weighted by Gasteiger charge is 2.41. The van der Waals surface area contributed by atoms with Crippen LogP contribution in [0.3, 0.4) is 0 Å². The summed E-state index contributed by atoms with van der Waals surface area (Å²) in [7, 11) is -4.24. The summed E-state index contributed by atoms with van der Waals surface area (Å²) in [6.07, 6.45) is 23.3. The molecule has 1 fully saturated rings. The molecule has 0 amide bonds. The number of piperidine rings is 1. The summed E-state index contributed by atoms with van der Waals surface area (Å²) in [4.78, 5) is 13.9. The van der Waals surface area contributed by atoms with Gasteiger partial charge in [-0.1, -0.05) is 188 Å². The minimum Gasteiger partial charge on any atom is -0.481 e. The third-order valence-corrected chi connectivity index (χ3v) is 12.8. The Morgan fingerprint density at radius 3 is 1.53 bits per heavy atom. The van der Waals surface area contributed by atoms with Gasteiger partial charge in [0.1, 0.15) is 5.60 Å². The third kappa shape index (κ3) is 18.5. The van der Waals surface area contributed by atoms with Crippen LogP contribution >= 0.6 is 0 Å². The van der Waals surface area contributed by atoms with E-state index in [1.807, 2.05) is 72.8 Å². The van der Waals surface area contributed by atoms with Crippen molar-refractivity contribution in [3.8, 4) is 0 Å². The third-order valence-electron chi connectivity index (χ3n) is 12.3. The molecule has 0 bridgehead atoms. The van der Waals surface area contributed by atoms with Crippen LogP contribution in [0.2, 0.25) is 0 Å². The molecule has 9 nitrogen and oxygen atoms in total. The molecule has 336 valence electrons. The number of hydrogen-bond donors (Lipinski definition) is 4. The van der Waals surface area contributed by atoms with Crippen LogP contribution in [-0.2, 0) is 30.4 Å². The van der Waals surface area contributed by atoms with Gasteiger partial charge in [0.15, 0.2) is 0 Å². The fourth-order valence-corrected chi connectivity index (χ4v) is 8.66. The highest BCUT2D eigenvalue weighted by atomic mass is 32.3. The second-order valence-corrected chi connectivity index (χ2v) is 18.5. The molecule has 4 rings (SSSR count). The minimum absolute atomic E-state index is 0.0945. The lowest BCUT2D eigenvalue weighted by molar-refractivity contribution is -0.142. The highest BCUT2D eigenvalue weighted by Crippen LogP contribution is 2.42. The lowest BCUT2D eigenvalue weighted by Crippen LogP contribution is -2.44. The second kappa shape index (κ2) is 27.7. The summed E-state index contributed by atoms with van der Waals surface area (Å²) >= 11 is 0. The molecule has 4 N–H and O–H groups in total. The number of rotatable bonds is 28. The lowest BCUT2D eigenvalue weighted by atomic mass is 9.72. The molecule has 1 aliphatic heterocycles. The summed E-state index contributed by atoms with van der Waals surface area (Å²) in [5.41, 5.74) is 1.47. The smallest absolute Gasteiger partial charge is 0.397 e. The number of aliphatic carboxylic acids is 1. The number of carbonyl (C=O) groups is 1. The Morgan fingerprint density at radius 1 is 0.683 bits per heavy atom. The average molecular weight is 852 g/mol. The van der Waals surface area contributed by atoms with E-state index >= 15 is 0 Å². The standard InChI is InChI=1S/C32H39NO4.C18H38O4S/c1-31(2,30(35)36)25-17-15-24(16-18-25)29(34)14-9-21-33-22-19-28(20-23-33)32(37,26-10-5-3-6-11-26)27-12-7-4-8-13-27;1-2-3-4-5-6-7-8-9-10-11-12-13-14-15-16-17-18-22-23(19,20)21/h3-8,10-13,15-18,28-29,34,37H,9,14,19-23H2,1-2H3,(H,35,36);2-18H2,1H3,(H,19,20,21)/t29-;/m0./s1. The summed E-state index contributed by atoms with van der Waals surface area (Å²) in [6, 6.07) is 27.3. The van der Waals surface area contributed by atoms with E-state index in [1.54, 1.807) is 26.0 Å². The Balaban J connectivity index is 0.000000362. The number of likely N-dealkylation sites (tertiary alicyclic amines) is 1. The van der Waals surface area contributed by atoms with Crippen LogP contribution in [0.5, 0.6) is 0 Å². The van der Waals surface area contributed by atoms with Crippen LogP contribution in [0.4, 0.5) is 0 Å². The Labute approximate surface area is 362 Å². The second-order valence-electron chi connectivity index (χ2n) is 17.4. The van der Waals surface area contributed by atoms with E-state index in [2.05, 4.69) is 16.0 Å². The van der Waals surface area contributed by atoms with Crippen LogP contribution in [0.15, 0.2) is 84.9 Å². The predicted octanol–water partition coefficient (Wildman–Crippen LogP) is 11.6. The van der Waals surface area contributed by atoms with Crippen molar-refractivity contribution in [2.75, 3.05) is 26.2 Å². The van der Waals surface area contributed by atoms with Gasteiger partial charge in [-0.2, -0.15) is 8.42 Å². The number of unbranched alkanes of at least 4 members (excludes halogenated alkanes) is 15. The van der Waals surface area contributed by atoms with E-state index in [4.69, 9.17) is 4.55 Å². The van der Waals surface area contributed by atoms with Gasteiger partial charge in [0, 0.05) is 0 Å². The van der Waals surface area contributed by atoms with Crippen molar-refractivity contribution in [2.45, 2.75) is 166 Å². The van der Waals surface area contributed by atoms with Gasteiger partial charge in [0.2, 0.25) is 0 Å². The zero-order valence-corrected chi connectivity index (χ0v) is 37.8. The first-order valence-electron chi connectivity index (χ1n) is 23.0. The van der Waals surface area contributed by atoms with Crippen molar-refractivity contribution in [2.24, 2.45) is 5.92 Å². The fraction of sp³-hybridized carbons (Fsp3) is 0.620. The number of aliphatic hydroxyl groups is 2. The molecule has 0 aromatic heterocycles. The molecule has 0 spiro atoms. The van der Waals surface area contributed by atoms with Gasteiger partial charge in [-0.05, 0) is 93.8 Å².